The molecule has 0 saturated heterocycles. The first-order valence-electron chi connectivity index (χ1n) is 9.21. The van der Waals surface area contributed by atoms with Crippen LogP contribution in [0, 0.1) is 0 Å². The number of rotatable bonds is 9. The predicted molar refractivity (Wildman–Crippen MR) is 114 cm³/mol. The number of aryl methyl sites for hydroxylation is 1. The predicted octanol–water partition coefficient (Wildman–Crippen LogP) is 5.26. The number of hydrogen-bond acceptors (Lipinski definition) is 5. The van der Waals surface area contributed by atoms with Crippen LogP contribution >= 0.6 is 11.3 Å². The quantitative estimate of drug-likeness (QED) is 0.485. The Hall–Kier alpha value is -2.99. The van der Waals surface area contributed by atoms with Crippen LogP contribution in [0.5, 0.6) is 0 Å². The van der Waals surface area contributed by atoms with Crippen LogP contribution < -0.4 is 5.32 Å². The zero-order chi connectivity index (χ0) is 19.9. The SMILES string of the molecule is C=CCc1c(CCC)nc(-c2ccsc2)nc1Nc1ccc(CC(=O)O)cc1. The van der Waals surface area contributed by atoms with Crippen molar-refractivity contribution in [2.45, 2.75) is 32.6 Å². The monoisotopic (exact) mass is 393 g/mol. The summed E-state index contributed by atoms with van der Waals surface area (Å²) in [5.74, 6) is 0.641. The molecule has 28 heavy (non-hydrogen) atoms. The lowest BCUT2D eigenvalue weighted by Crippen LogP contribution is -2.08. The molecular weight excluding hydrogens is 370 g/mol. The highest BCUT2D eigenvalue weighted by Gasteiger charge is 2.15. The van der Waals surface area contributed by atoms with Crippen LogP contribution in [0.4, 0.5) is 11.5 Å². The standard InChI is InChI=1S/C22H23N3O2S/c1-3-5-18-19(6-4-2)24-21(16-11-12-28-14-16)25-22(18)23-17-9-7-15(8-10-17)13-20(26)27/h3,7-12,14H,1,4-6,13H2,2H3,(H,26,27)(H,23,24,25). The molecule has 0 spiro atoms. The molecule has 1 aromatic carbocycles. The molecule has 0 fully saturated rings. The first-order valence-corrected chi connectivity index (χ1v) is 10.2. The highest BCUT2D eigenvalue weighted by Crippen LogP contribution is 2.28. The smallest absolute Gasteiger partial charge is 0.307 e. The summed E-state index contributed by atoms with van der Waals surface area (Å²) >= 11 is 1.62. The summed E-state index contributed by atoms with van der Waals surface area (Å²) in [6, 6.07) is 9.41. The van der Waals surface area contributed by atoms with Gasteiger partial charge in [-0.1, -0.05) is 31.6 Å². The van der Waals surface area contributed by atoms with Crippen LogP contribution in [0.3, 0.4) is 0 Å². The van der Waals surface area contributed by atoms with Gasteiger partial charge in [0, 0.05) is 22.2 Å². The first kappa shape index (κ1) is 19.8. The number of aliphatic carboxylic acids is 1. The number of carbonyl (C=O) groups is 1. The topological polar surface area (TPSA) is 75.1 Å². The van der Waals surface area contributed by atoms with Crippen molar-refractivity contribution in [1.29, 1.82) is 0 Å². The van der Waals surface area contributed by atoms with Gasteiger partial charge in [0.15, 0.2) is 5.82 Å². The number of allylic oxidation sites excluding steroid dienone is 1. The summed E-state index contributed by atoms with van der Waals surface area (Å²) in [5, 5.41) is 16.4. The maximum absolute atomic E-state index is 10.9. The Morgan fingerprint density at radius 1 is 1.25 bits per heavy atom. The van der Waals surface area contributed by atoms with Crippen LogP contribution in [0.1, 0.15) is 30.2 Å². The number of benzene rings is 1. The van der Waals surface area contributed by atoms with Gasteiger partial charge in [-0.05, 0) is 42.0 Å². The Labute approximate surface area is 168 Å². The van der Waals surface area contributed by atoms with Crippen LogP contribution in [0.15, 0.2) is 53.7 Å². The third-order valence-electron chi connectivity index (χ3n) is 4.28. The number of thiophene rings is 1. The minimum atomic E-state index is -0.839. The molecule has 0 atom stereocenters. The third-order valence-corrected chi connectivity index (χ3v) is 4.96. The Morgan fingerprint density at radius 3 is 2.64 bits per heavy atom. The van der Waals surface area contributed by atoms with Crippen LogP contribution in [-0.4, -0.2) is 21.0 Å². The molecular formula is C22H23N3O2S. The molecule has 0 aliphatic carbocycles. The highest BCUT2D eigenvalue weighted by molar-refractivity contribution is 7.08. The maximum Gasteiger partial charge on any atom is 0.307 e. The molecule has 0 aliphatic heterocycles. The Morgan fingerprint density at radius 2 is 2.04 bits per heavy atom. The van der Waals surface area contributed by atoms with Crippen LogP contribution in [-0.2, 0) is 24.1 Å². The largest absolute Gasteiger partial charge is 0.481 e. The van der Waals surface area contributed by atoms with E-state index < -0.39 is 5.97 Å². The second-order valence-electron chi connectivity index (χ2n) is 6.47. The zero-order valence-electron chi connectivity index (χ0n) is 15.8. The average molecular weight is 394 g/mol. The molecule has 3 aromatic rings. The van der Waals surface area contributed by atoms with E-state index >= 15 is 0 Å². The molecule has 2 N–H and O–H groups in total. The summed E-state index contributed by atoms with van der Waals surface area (Å²) in [5.41, 5.74) is 4.70. The minimum absolute atomic E-state index is 0.0124. The Balaban J connectivity index is 1.99. The van der Waals surface area contributed by atoms with Crippen molar-refractivity contribution in [2.75, 3.05) is 5.32 Å². The average Bonchev–Trinajstić information content (AvgIpc) is 3.20. The molecule has 5 nitrogen and oxygen atoms in total. The highest BCUT2D eigenvalue weighted by atomic mass is 32.1. The first-order chi connectivity index (χ1) is 13.6. The lowest BCUT2D eigenvalue weighted by atomic mass is 10.1. The van der Waals surface area contributed by atoms with Crippen molar-refractivity contribution in [3.63, 3.8) is 0 Å². The van der Waals surface area contributed by atoms with E-state index in [1.54, 1.807) is 11.3 Å². The van der Waals surface area contributed by atoms with E-state index in [9.17, 15) is 4.79 Å². The van der Waals surface area contributed by atoms with Gasteiger partial charge >= 0.3 is 5.97 Å². The molecule has 0 bridgehead atoms. The van der Waals surface area contributed by atoms with Crippen LogP contribution in [0.2, 0.25) is 0 Å². The number of nitrogens with zero attached hydrogens (tertiary/aromatic N) is 2. The van der Waals surface area contributed by atoms with Gasteiger partial charge in [0.2, 0.25) is 0 Å². The molecule has 144 valence electrons. The molecule has 0 aliphatic rings. The molecule has 3 rings (SSSR count). The van der Waals surface area contributed by atoms with Gasteiger partial charge in [-0.15, -0.1) is 6.58 Å². The van der Waals surface area contributed by atoms with Gasteiger partial charge in [0.05, 0.1) is 12.1 Å². The van der Waals surface area contributed by atoms with Gasteiger partial charge < -0.3 is 10.4 Å². The van der Waals surface area contributed by atoms with Crippen molar-refractivity contribution >= 4 is 28.8 Å². The van der Waals surface area contributed by atoms with E-state index in [1.165, 1.54) is 0 Å². The molecule has 0 unspecified atom stereocenters. The van der Waals surface area contributed by atoms with E-state index in [-0.39, 0.29) is 6.42 Å². The fraction of sp³-hybridized carbons (Fsp3) is 0.227. The molecule has 0 saturated carbocycles. The number of aromatic nitrogens is 2. The van der Waals surface area contributed by atoms with Crippen LogP contribution in [0.25, 0.3) is 11.4 Å². The van der Waals surface area contributed by atoms with Crippen molar-refractivity contribution < 1.29 is 9.90 Å². The lowest BCUT2D eigenvalue weighted by molar-refractivity contribution is -0.136. The molecule has 2 aromatic heterocycles. The number of carboxylic acid groups (broad SMARTS) is 1. The summed E-state index contributed by atoms with van der Waals surface area (Å²) < 4.78 is 0. The van der Waals surface area contributed by atoms with Gasteiger partial charge in [-0.3, -0.25) is 4.79 Å². The number of carboxylic acids is 1. The summed E-state index contributed by atoms with van der Waals surface area (Å²) in [7, 11) is 0. The maximum atomic E-state index is 10.9. The summed E-state index contributed by atoms with van der Waals surface area (Å²) in [6.07, 6.45) is 4.42. The molecule has 2 heterocycles. The number of hydrogen-bond donors (Lipinski definition) is 2. The Bertz CT molecular complexity index is 951. The number of anilines is 2. The second kappa shape index (κ2) is 9.28. The van der Waals surface area contributed by atoms with E-state index in [1.807, 2.05) is 47.2 Å². The fourth-order valence-electron chi connectivity index (χ4n) is 2.97. The summed E-state index contributed by atoms with van der Waals surface area (Å²) in [4.78, 5) is 20.5. The van der Waals surface area contributed by atoms with Gasteiger partial charge in [-0.25, -0.2) is 9.97 Å². The molecule has 0 amide bonds. The number of nitrogens with one attached hydrogen (secondary N) is 1. The van der Waals surface area contributed by atoms with E-state index in [2.05, 4.69) is 18.8 Å². The van der Waals surface area contributed by atoms with Crippen molar-refractivity contribution in [3.8, 4) is 11.4 Å². The van der Waals surface area contributed by atoms with Gasteiger partial charge in [-0.2, -0.15) is 11.3 Å². The van der Waals surface area contributed by atoms with Crippen molar-refractivity contribution in [2.24, 2.45) is 0 Å². The van der Waals surface area contributed by atoms with Crippen molar-refractivity contribution in [3.05, 3.63) is 70.6 Å². The minimum Gasteiger partial charge on any atom is -0.481 e. The molecule has 0 radical (unpaired) electrons. The third kappa shape index (κ3) is 4.84. The normalized spacial score (nSPS) is 10.6. The Kier molecular flexibility index (Phi) is 6.55. The second-order valence-corrected chi connectivity index (χ2v) is 7.25. The van der Waals surface area contributed by atoms with E-state index in [4.69, 9.17) is 15.1 Å². The fourth-order valence-corrected chi connectivity index (χ4v) is 3.61. The van der Waals surface area contributed by atoms with E-state index in [0.29, 0.717) is 12.2 Å². The van der Waals surface area contributed by atoms with Gasteiger partial charge in [0.1, 0.15) is 5.82 Å². The van der Waals surface area contributed by atoms with E-state index in [0.717, 1.165) is 46.7 Å². The van der Waals surface area contributed by atoms with Gasteiger partial charge in [0.25, 0.3) is 0 Å². The van der Waals surface area contributed by atoms with Crippen molar-refractivity contribution in [1.82, 2.24) is 9.97 Å². The summed E-state index contributed by atoms with van der Waals surface area (Å²) in [6.45, 7) is 6.02. The zero-order valence-corrected chi connectivity index (χ0v) is 16.6. The molecule has 6 heteroatoms. The lowest BCUT2D eigenvalue weighted by Gasteiger charge is -2.16.